The highest BCUT2D eigenvalue weighted by Gasteiger charge is 2.19. The van der Waals surface area contributed by atoms with Crippen molar-refractivity contribution in [2.75, 3.05) is 52.4 Å². The summed E-state index contributed by atoms with van der Waals surface area (Å²) >= 11 is 1.45. The molecule has 0 unspecified atom stereocenters. The monoisotopic (exact) mass is 585 g/mol. The van der Waals surface area contributed by atoms with Gasteiger partial charge in [-0.05, 0) is 19.0 Å². The number of hydrogen-bond acceptors (Lipinski definition) is 9. The van der Waals surface area contributed by atoms with E-state index in [-0.39, 0.29) is 5.91 Å². The number of anilines is 2. The Bertz CT molecular complexity index is 1400. The highest BCUT2D eigenvalue weighted by atomic mass is 32.1. The second-order valence-corrected chi connectivity index (χ2v) is 17.3. The minimum absolute atomic E-state index is 0.0645. The number of nitrogens with one attached hydrogen (secondary N) is 1. The molecule has 0 aromatic carbocycles. The molecule has 1 N–H and O–H groups in total. The van der Waals surface area contributed by atoms with Gasteiger partial charge < -0.3 is 24.4 Å². The van der Waals surface area contributed by atoms with Crippen LogP contribution in [0.4, 0.5) is 10.8 Å². The number of thiophene rings is 1. The van der Waals surface area contributed by atoms with E-state index in [0.29, 0.717) is 50.1 Å². The lowest BCUT2D eigenvalue weighted by Gasteiger charge is -2.21. The molecule has 0 aliphatic carbocycles. The number of carbonyl (C=O) groups is 1. The van der Waals surface area contributed by atoms with Gasteiger partial charge in [0.1, 0.15) is 6.73 Å². The largest absolute Gasteiger partial charge is 0.383 e. The molecule has 0 fully saturated rings. The fourth-order valence-electron chi connectivity index (χ4n) is 4.04. The number of rotatable bonds is 15. The van der Waals surface area contributed by atoms with E-state index in [1.54, 1.807) is 23.8 Å². The molecule has 0 saturated heterocycles. The van der Waals surface area contributed by atoms with Gasteiger partial charge >= 0.3 is 0 Å². The molecule has 216 valence electrons. The number of amides is 1. The zero-order valence-electron chi connectivity index (χ0n) is 24.1. The van der Waals surface area contributed by atoms with Gasteiger partial charge in [-0.15, -0.1) is 11.3 Å². The van der Waals surface area contributed by atoms with E-state index >= 15 is 0 Å². The zero-order valence-corrected chi connectivity index (χ0v) is 26.0. The molecular weight excluding hydrogens is 546 g/mol. The van der Waals surface area contributed by atoms with Crippen LogP contribution < -0.4 is 5.32 Å². The first-order chi connectivity index (χ1) is 19.2. The minimum atomic E-state index is -1.13. The van der Waals surface area contributed by atoms with Crippen molar-refractivity contribution in [2.45, 2.75) is 39.3 Å². The lowest BCUT2D eigenvalue weighted by molar-refractivity contribution is 0.0628. The molecule has 1 amide bonds. The van der Waals surface area contributed by atoms with Gasteiger partial charge in [0, 0.05) is 65.3 Å². The summed E-state index contributed by atoms with van der Waals surface area (Å²) in [5.41, 5.74) is 3.96. The first-order valence-corrected chi connectivity index (χ1v) is 17.8. The van der Waals surface area contributed by atoms with Crippen LogP contribution in [0.1, 0.15) is 16.1 Å². The molecular formula is C27H39N7O4SSi. The molecule has 4 rings (SSSR count). The van der Waals surface area contributed by atoms with Gasteiger partial charge in [-0.1, -0.05) is 19.6 Å². The maximum atomic E-state index is 13.1. The summed E-state index contributed by atoms with van der Waals surface area (Å²) in [4.78, 5) is 24.2. The Morgan fingerprint density at radius 2 is 1.85 bits per heavy atom. The van der Waals surface area contributed by atoms with Crippen molar-refractivity contribution in [3.63, 3.8) is 0 Å². The van der Waals surface area contributed by atoms with Gasteiger partial charge in [-0.3, -0.25) is 9.20 Å². The second-order valence-electron chi connectivity index (χ2n) is 10.8. The topological polar surface area (TPSA) is 108 Å². The fraction of sp³-hybridized carbons (Fsp3) is 0.481. The summed E-state index contributed by atoms with van der Waals surface area (Å²) in [6, 6.07) is 2.96. The third kappa shape index (κ3) is 7.76. The Labute approximate surface area is 240 Å². The molecule has 4 heterocycles. The molecule has 0 radical (unpaired) electrons. The van der Waals surface area contributed by atoms with Crippen LogP contribution >= 0.6 is 11.3 Å². The van der Waals surface area contributed by atoms with Crippen molar-refractivity contribution < 1.29 is 19.0 Å². The third-order valence-corrected chi connectivity index (χ3v) is 8.82. The fourth-order valence-corrected chi connectivity index (χ4v) is 5.57. The predicted octanol–water partition coefficient (Wildman–Crippen LogP) is 4.75. The van der Waals surface area contributed by atoms with Crippen LogP contribution in [-0.2, 0) is 20.9 Å². The number of aryl methyl sites for hydroxylation is 1. The maximum absolute atomic E-state index is 13.1. The number of aromatic nitrogens is 5. The summed E-state index contributed by atoms with van der Waals surface area (Å²) in [7, 11) is 2.12. The molecule has 4 aromatic heterocycles. The Morgan fingerprint density at radius 1 is 1.10 bits per heavy atom. The number of fused-ring (bicyclic) bond motifs is 1. The van der Waals surface area contributed by atoms with Crippen LogP contribution in [0.15, 0.2) is 36.2 Å². The van der Waals surface area contributed by atoms with E-state index < -0.39 is 8.07 Å². The standard InChI is InChI=1S/C27H39N7O4SSi/c1-20-16-34-23(22-14-29-33(17-22)19-38-11-12-40(4,5)6)15-28-26(34)25(30-20)31-24-13-21(18-39-24)27(35)32(7-9-36-2)8-10-37-3/h13-18H,7-12,19H2,1-6H3,(H,30,31). The molecule has 4 aromatic rings. The second kappa shape index (κ2) is 13.5. The van der Waals surface area contributed by atoms with Gasteiger partial charge in [0.05, 0.1) is 47.6 Å². The first-order valence-electron chi connectivity index (χ1n) is 13.3. The Balaban J connectivity index is 1.49. The Kier molecular flexibility index (Phi) is 10.1. The summed E-state index contributed by atoms with van der Waals surface area (Å²) in [5, 5.41) is 10.5. The highest BCUT2D eigenvalue weighted by molar-refractivity contribution is 7.14. The number of imidazole rings is 1. The van der Waals surface area contributed by atoms with Gasteiger partial charge in [-0.2, -0.15) is 5.10 Å². The van der Waals surface area contributed by atoms with Crippen LogP contribution in [0.25, 0.3) is 16.9 Å². The van der Waals surface area contributed by atoms with Gasteiger partial charge in [0.2, 0.25) is 0 Å². The van der Waals surface area contributed by atoms with E-state index in [0.717, 1.165) is 34.6 Å². The Morgan fingerprint density at radius 3 is 2.55 bits per heavy atom. The van der Waals surface area contributed by atoms with Crippen LogP contribution in [0.3, 0.4) is 0 Å². The first kappa shape index (κ1) is 29.9. The van der Waals surface area contributed by atoms with Crippen LogP contribution in [0.5, 0.6) is 0 Å². The molecule has 0 atom stereocenters. The summed E-state index contributed by atoms with van der Waals surface area (Å²) < 4.78 is 20.0. The van der Waals surface area contributed by atoms with Crippen molar-refractivity contribution in [1.82, 2.24) is 29.0 Å². The van der Waals surface area contributed by atoms with Crippen molar-refractivity contribution in [3.05, 3.63) is 47.5 Å². The minimum Gasteiger partial charge on any atom is -0.383 e. The number of ether oxygens (including phenoxy) is 3. The molecule has 0 bridgehead atoms. The van der Waals surface area contributed by atoms with Crippen LogP contribution in [-0.4, -0.2) is 90.2 Å². The lowest BCUT2D eigenvalue weighted by atomic mass is 10.3. The number of hydrogen-bond donors (Lipinski definition) is 1. The molecule has 13 heteroatoms. The van der Waals surface area contributed by atoms with E-state index in [1.807, 2.05) is 47.6 Å². The van der Waals surface area contributed by atoms with E-state index in [1.165, 1.54) is 11.3 Å². The average molecular weight is 586 g/mol. The van der Waals surface area contributed by atoms with Crippen molar-refractivity contribution in [3.8, 4) is 11.3 Å². The van der Waals surface area contributed by atoms with E-state index in [2.05, 4.69) is 35.0 Å². The van der Waals surface area contributed by atoms with Crippen LogP contribution in [0, 0.1) is 6.92 Å². The summed E-state index contributed by atoms with van der Waals surface area (Å²) in [6.07, 6.45) is 7.57. The third-order valence-electron chi connectivity index (χ3n) is 6.27. The van der Waals surface area contributed by atoms with Crippen molar-refractivity contribution in [2.24, 2.45) is 0 Å². The van der Waals surface area contributed by atoms with Gasteiger partial charge in [0.15, 0.2) is 11.5 Å². The quantitative estimate of drug-likeness (QED) is 0.157. The van der Waals surface area contributed by atoms with E-state index in [9.17, 15) is 4.79 Å². The molecule has 11 nitrogen and oxygen atoms in total. The Hall–Kier alpha value is -3.10. The van der Waals surface area contributed by atoms with Crippen molar-refractivity contribution in [1.29, 1.82) is 0 Å². The highest BCUT2D eigenvalue weighted by Crippen LogP contribution is 2.29. The SMILES string of the molecule is COCCN(CCOC)C(=O)c1csc(Nc2nc(C)cn3c(-c4cnn(COCC[Si](C)(C)C)c4)cnc23)c1. The van der Waals surface area contributed by atoms with E-state index in [4.69, 9.17) is 19.2 Å². The molecule has 0 saturated carbocycles. The molecule has 40 heavy (non-hydrogen) atoms. The maximum Gasteiger partial charge on any atom is 0.254 e. The number of methoxy groups -OCH3 is 2. The predicted molar refractivity (Wildman–Crippen MR) is 160 cm³/mol. The number of nitrogens with zero attached hydrogens (tertiary/aromatic N) is 6. The van der Waals surface area contributed by atoms with Gasteiger partial charge in [0.25, 0.3) is 5.91 Å². The normalized spacial score (nSPS) is 11.8. The summed E-state index contributed by atoms with van der Waals surface area (Å²) in [6.45, 7) is 12.0. The molecule has 0 aliphatic heterocycles. The molecule has 0 spiro atoms. The zero-order chi connectivity index (χ0) is 28.7. The average Bonchev–Trinajstić information content (AvgIpc) is 3.66. The van der Waals surface area contributed by atoms with Crippen LogP contribution in [0.2, 0.25) is 25.7 Å². The number of carbonyl (C=O) groups excluding carboxylic acids is 1. The molecule has 0 aliphatic rings. The summed E-state index contributed by atoms with van der Waals surface area (Å²) in [5.74, 6) is 0.551. The van der Waals surface area contributed by atoms with Gasteiger partial charge in [-0.25, -0.2) is 14.6 Å². The smallest absolute Gasteiger partial charge is 0.254 e. The van der Waals surface area contributed by atoms with Crippen molar-refractivity contribution >= 4 is 41.8 Å². The lowest BCUT2D eigenvalue weighted by Crippen LogP contribution is -2.36.